The van der Waals surface area contributed by atoms with Gasteiger partial charge >= 0.3 is 0 Å². The van der Waals surface area contributed by atoms with Crippen LogP contribution in [-0.2, 0) is 0 Å². The number of pyridine rings is 1. The van der Waals surface area contributed by atoms with Gasteiger partial charge in [0.05, 0.1) is 17.5 Å². The van der Waals surface area contributed by atoms with Crippen molar-refractivity contribution in [2.24, 2.45) is 4.99 Å². The molecule has 0 radical (unpaired) electrons. The molecule has 37 heavy (non-hydrogen) atoms. The van der Waals surface area contributed by atoms with Crippen molar-refractivity contribution in [3.63, 3.8) is 0 Å². The van der Waals surface area contributed by atoms with Gasteiger partial charge in [-0.15, -0.1) is 0 Å². The Bertz CT molecular complexity index is 1710. The van der Waals surface area contributed by atoms with Gasteiger partial charge in [-0.1, -0.05) is 24.3 Å². The third-order valence-corrected chi connectivity index (χ3v) is 7.01. The lowest BCUT2D eigenvalue weighted by atomic mass is 9.69. The number of benzene rings is 2. The van der Waals surface area contributed by atoms with Crippen molar-refractivity contribution in [3.8, 4) is 11.4 Å². The lowest BCUT2D eigenvalue weighted by Crippen LogP contribution is -2.39. The van der Waals surface area contributed by atoms with Gasteiger partial charge < -0.3 is 14.6 Å². The normalized spacial score (nSPS) is 19.5. The topological polar surface area (TPSA) is 88.5 Å². The maximum absolute atomic E-state index is 13.5. The summed E-state index contributed by atoms with van der Waals surface area (Å²) >= 11 is 0. The molecule has 2 aromatic carbocycles. The third-order valence-electron chi connectivity index (χ3n) is 7.01. The molecular weight excluding hydrogens is 464 g/mol. The van der Waals surface area contributed by atoms with Crippen molar-refractivity contribution in [2.75, 3.05) is 14.1 Å². The van der Waals surface area contributed by atoms with Crippen LogP contribution in [0.1, 0.15) is 31.2 Å². The Hall–Kier alpha value is -4.30. The maximum Gasteiger partial charge on any atom is 0.263 e. The Kier molecular flexibility index (Phi) is 5.42. The first kappa shape index (κ1) is 23.1. The van der Waals surface area contributed by atoms with Gasteiger partial charge in [0.1, 0.15) is 11.8 Å². The van der Waals surface area contributed by atoms with E-state index < -0.39 is 5.60 Å². The SMILES string of the molecule is CN(C)C=Nc1ncnc2c(C3CC(C)(O)C3)cn(-c3ccc4ccn(-c5ccccc5)c(=O)c4c3)c12. The summed E-state index contributed by atoms with van der Waals surface area (Å²) in [4.78, 5) is 29.1. The highest BCUT2D eigenvalue weighted by Crippen LogP contribution is 2.47. The lowest BCUT2D eigenvalue weighted by molar-refractivity contribution is -0.0310. The molecule has 6 rings (SSSR count). The molecule has 1 saturated carbocycles. The molecule has 3 heterocycles. The van der Waals surface area contributed by atoms with Crippen LogP contribution in [0, 0.1) is 0 Å². The molecule has 8 heteroatoms. The Morgan fingerprint density at radius 2 is 1.84 bits per heavy atom. The zero-order valence-corrected chi connectivity index (χ0v) is 21.0. The molecule has 186 valence electrons. The number of rotatable bonds is 5. The fraction of sp³-hybridized carbons (Fsp3) is 0.241. The quantitative estimate of drug-likeness (QED) is 0.287. The zero-order chi connectivity index (χ0) is 25.7. The average molecular weight is 493 g/mol. The van der Waals surface area contributed by atoms with Crippen LogP contribution in [0.15, 0.2) is 83.1 Å². The Morgan fingerprint density at radius 1 is 1.05 bits per heavy atom. The summed E-state index contributed by atoms with van der Waals surface area (Å²) in [5.41, 5.74) is 3.55. The van der Waals surface area contributed by atoms with Crippen LogP contribution >= 0.6 is 0 Å². The summed E-state index contributed by atoms with van der Waals surface area (Å²) in [6.07, 6.45) is 8.47. The van der Waals surface area contributed by atoms with E-state index in [2.05, 4.69) is 21.2 Å². The number of hydrogen-bond donors (Lipinski definition) is 1. The van der Waals surface area contributed by atoms with Crippen LogP contribution in [0.5, 0.6) is 0 Å². The minimum Gasteiger partial charge on any atom is -0.390 e. The summed E-state index contributed by atoms with van der Waals surface area (Å²) in [7, 11) is 3.81. The first-order chi connectivity index (χ1) is 17.8. The van der Waals surface area contributed by atoms with Crippen molar-refractivity contribution in [3.05, 3.63) is 89.2 Å². The van der Waals surface area contributed by atoms with E-state index in [-0.39, 0.29) is 11.5 Å². The second-order valence-corrected chi connectivity index (χ2v) is 10.3. The van der Waals surface area contributed by atoms with Crippen molar-refractivity contribution in [1.82, 2.24) is 24.0 Å². The summed E-state index contributed by atoms with van der Waals surface area (Å²) in [6, 6.07) is 17.5. The summed E-state index contributed by atoms with van der Waals surface area (Å²) in [5.74, 6) is 0.737. The molecule has 0 unspecified atom stereocenters. The highest BCUT2D eigenvalue weighted by Gasteiger charge is 2.41. The van der Waals surface area contributed by atoms with E-state index in [0.29, 0.717) is 24.0 Å². The molecule has 0 atom stereocenters. The van der Waals surface area contributed by atoms with Gasteiger partial charge in [0.15, 0.2) is 5.82 Å². The molecule has 3 aromatic heterocycles. The van der Waals surface area contributed by atoms with Gasteiger partial charge in [-0.05, 0) is 61.4 Å². The minimum absolute atomic E-state index is 0.0839. The molecular formula is C29H28N6O2. The molecule has 8 nitrogen and oxygen atoms in total. The van der Waals surface area contributed by atoms with Crippen LogP contribution < -0.4 is 5.56 Å². The predicted molar refractivity (Wildman–Crippen MR) is 146 cm³/mol. The average Bonchev–Trinajstić information content (AvgIpc) is 3.26. The number of para-hydroxylation sites is 1. The number of aliphatic imine (C=N–C) groups is 1. The van der Waals surface area contributed by atoms with Gasteiger partial charge in [0.2, 0.25) is 0 Å². The van der Waals surface area contributed by atoms with Crippen molar-refractivity contribution in [1.29, 1.82) is 0 Å². The fourth-order valence-corrected chi connectivity index (χ4v) is 5.23. The number of hydrogen-bond acceptors (Lipinski definition) is 5. The van der Waals surface area contributed by atoms with Crippen molar-refractivity contribution >= 4 is 34.0 Å². The van der Waals surface area contributed by atoms with E-state index in [0.717, 1.165) is 33.4 Å². The molecule has 0 aliphatic heterocycles. The summed E-state index contributed by atoms with van der Waals surface area (Å²) in [6.45, 7) is 1.87. The van der Waals surface area contributed by atoms with Gasteiger partial charge in [-0.3, -0.25) is 9.36 Å². The Labute approximate surface area is 214 Å². The van der Waals surface area contributed by atoms with Crippen molar-refractivity contribution < 1.29 is 5.11 Å². The van der Waals surface area contributed by atoms with Gasteiger partial charge in [0, 0.05) is 48.8 Å². The monoisotopic (exact) mass is 492 g/mol. The van der Waals surface area contributed by atoms with E-state index in [1.165, 1.54) is 6.33 Å². The first-order valence-corrected chi connectivity index (χ1v) is 12.3. The smallest absolute Gasteiger partial charge is 0.263 e. The van der Waals surface area contributed by atoms with E-state index >= 15 is 0 Å². The molecule has 0 spiro atoms. The zero-order valence-electron chi connectivity index (χ0n) is 21.0. The standard InChI is InChI=1S/C29H28N6O2/c1-29(37)14-20(15-29)24-16-35(26-25(24)30-17-31-27(26)32-18-33(2)3)22-10-9-19-11-12-34(28(36)23(19)13-22)21-7-5-4-6-8-21/h4-13,16-18,20,37H,14-15H2,1-3H3. The van der Waals surface area contributed by atoms with E-state index in [4.69, 9.17) is 0 Å². The fourth-order valence-electron chi connectivity index (χ4n) is 5.23. The van der Waals surface area contributed by atoms with Crippen LogP contribution in [-0.4, -0.2) is 55.1 Å². The Balaban J connectivity index is 1.56. The van der Waals surface area contributed by atoms with Gasteiger partial charge in [-0.2, -0.15) is 0 Å². The molecule has 0 amide bonds. The Morgan fingerprint density at radius 3 is 2.57 bits per heavy atom. The van der Waals surface area contributed by atoms with Crippen LogP contribution in [0.3, 0.4) is 0 Å². The van der Waals surface area contributed by atoms with Gasteiger partial charge in [-0.25, -0.2) is 15.0 Å². The highest BCUT2D eigenvalue weighted by molar-refractivity contribution is 5.92. The second-order valence-electron chi connectivity index (χ2n) is 10.3. The van der Waals surface area contributed by atoms with Crippen LogP contribution in [0.4, 0.5) is 5.82 Å². The van der Waals surface area contributed by atoms with E-state index in [1.807, 2.05) is 91.3 Å². The number of aliphatic hydroxyl groups is 1. The van der Waals surface area contributed by atoms with E-state index in [9.17, 15) is 9.90 Å². The summed E-state index contributed by atoms with van der Waals surface area (Å²) < 4.78 is 3.69. The number of nitrogens with zero attached hydrogens (tertiary/aromatic N) is 6. The van der Waals surface area contributed by atoms with Gasteiger partial charge in [0.25, 0.3) is 5.56 Å². The largest absolute Gasteiger partial charge is 0.390 e. The minimum atomic E-state index is -0.663. The van der Waals surface area contributed by atoms with Crippen molar-refractivity contribution in [2.45, 2.75) is 31.3 Å². The molecule has 1 aliphatic rings. The van der Waals surface area contributed by atoms with Crippen LogP contribution in [0.2, 0.25) is 0 Å². The summed E-state index contributed by atoms with van der Waals surface area (Å²) in [5, 5.41) is 11.9. The predicted octanol–water partition coefficient (Wildman–Crippen LogP) is 4.57. The molecule has 0 bridgehead atoms. The molecule has 5 aromatic rings. The lowest BCUT2D eigenvalue weighted by Gasteiger charge is -2.40. The number of aromatic nitrogens is 4. The third kappa shape index (κ3) is 4.09. The first-order valence-electron chi connectivity index (χ1n) is 12.3. The molecule has 0 saturated heterocycles. The van der Waals surface area contributed by atoms with E-state index in [1.54, 1.807) is 10.9 Å². The molecule has 1 aliphatic carbocycles. The molecule has 1 fully saturated rings. The number of fused-ring (bicyclic) bond motifs is 2. The second kappa shape index (κ2) is 8.67. The maximum atomic E-state index is 13.5. The molecule has 1 N–H and O–H groups in total. The highest BCUT2D eigenvalue weighted by atomic mass is 16.3. The van der Waals surface area contributed by atoms with Crippen LogP contribution in [0.25, 0.3) is 33.2 Å².